The highest BCUT2D eigenvalue weighted by molar-refractivity contribution is 14.0. The molecule has 2 heterocycles. The number of hydrogen-bond acceptors (Lipinski definition) is 5. The van der Waals surface area contributed by atoms with E-state index in [1.165, 1.54) is 0 Å². The summed E-state index contributed by atoms with van der Waals surface area (Å²) >= 11 is 0. The average Bonchev–Trinajstić information content (AvgIpc) is 2.47. The van der Waals surface area contributed by atoms with Gasteiger partial charge in [0.2, 0.25) is 5.49 Å². The van der Waals surface area contributed by atoms with E-state index in [0.717, 1.165) is 23.7 Å². The summed E-state index contributed by atoms with van der Waals surface area (Å²) in [5.41, 5.74) is 1.79. The van der Waals surface area contributed by atoms with E-state index in [2.05, 4.69) is 19.9 Å². The molecule has 0 bridgehead atoms. The first-order valence-electron chi connectivity index (χ1n) is 4.70. The lowest BCUT2D eigenvalue weighted by Gasteiger charge is -2.11. The van der Waals surface area contributed by atoms with Gasteiger partial charge in [-0.3, -0.25) is 0 Å². The number of nitrogens with zero attached hydrogens (tertiary/aromatic N) is 5. The molecule has 1 aromatic rings. The first-order valence-corrected chi connectivity index (χ1v) is 4.70. The van der Waals surface area contributed by atoms with Gasteiger partial charge in [-0.15, -0.1) is 24.0 Å². The summed E-state index contributed by atoms with van der Waals surface area (Å²) in [4.78, 5) is 13.4. The van der Waals surface area contributed by atoms with Crippen LogP contribution in [-0.2, 0) is 11.9 Å². The van der Waals surface area contributed by atoms with Crippen molar-refractivity contribution in [2.24, 2.45) is 12.2 Å². The van der Waals surface area contributed by atoms with E-state index < -0.39 is 0 Å². The van der Waals surface area contributed by atoms with Crippen LogP contribution in [0.3, 0.4) is 0 Å². The molecule has 0 N–H and O–H groups in total. The van der Waals surface area contributed by atoms with Crippen LogP contribution >= 0.6 is 24.0 Å². The molecule has 0 aromatic carbocycles. The average molecular weight is 337 g/mol. The van der Waals surface area contributed by atoms with Gasteiger partial charge in [-0.25, -0.2) is 4.98 Å². The molecular weight excluding hydrogens is 321 g/mol. The molecule has 0 saturated carbocycles. The Bertz CT molecular complexity index is 444. The molecule has 0 fully saturated rings. The van der Waals surface area contributed by atoms with Gasteiger partial charge in [0.25, 0.3) is 0 Å². The number of aryl methyl sites for hydroxylation is 1. The summed E-state index contributed by atoms with van der Waals surface area (Å²) in [6.45, 7) is 0.818. The van der Waals surface area contributed by atoms with E-state index in [1.54, 1.807) is 13.4 Å². The summed E-state index contributed by atoms with van der Waals surface area (Å²) in [7, 11) is 7.47. The van der Waals surface area contributed by atoms with Gasteiger partial charge in [0.05, 0.1) is 13.0 Å². The van der Waals surface area contributed by atoms with E-state index in [9.17, 15) is 0 Å². The number of fused-ring (bicyclic) bond motifs is 1. The summed E-state index contributed by atoms with van der Waals surface area (Å²) in [5, 5.41) is 4.02. The fourth-order valence-corrected chi connectivity index (χ4v) is 1.79. The number of rotatable bonds is 1. The van der Waals surface area contributed by atoms with E-state index in [0.29, 0.717) is 0 Å². The smallest absolute Gasteiger partial charge is 0.200 e. The quantitative estimate of drug-likeness (QED) is 0.548. The van der Waals surface area contributed by atoms with E-state index >= 15 is 0 Å². The van der Waals surface area contributed by atoms with Crippen LogP contribution < -0.4 is 15.3 Å². The van der Waals surface area contributed by atoms with Crippen molar-refractivity contribution < 1.29 is 4.84 Å². The van der Waals surface area contributed by atoms with Crippen molar-refractivity contribution in [2.75, 3.05) is 37.7 Å². The third-order valence-electron chi connectivity index (χ3n) is 2.46. The standard InChI is InChI=1S/C9H15N5O.HI/c1-12-5-10-8-7(9(12)11-15-4)13(2)6-14(8)3;/h5H,6H2,1-4H3;1H/b11-9-;. The minimum absolute atomic E-state index is 0. The van der Waals surface area contributed by atoms with Gasteiger partial charge in [0, 0.05) is 21.1 Å². The highest BCUT2D eigenvalue weighted by Crippen LogP contribution is 2.27. The van der Waals surface area contributed by atoms with E-state index in [1.807, 2.05) is 25.7 Å². The van der Waals surface area contributed by atoms with Crippen LogP contribution in [0.25, 0.3) is 0 Å². The van der Waals surface area contributed by atoms with Gasteiger partial charge in [0.1, 0.15) is 12.8 Å². The molecule has 0 amide bonds. The SMILES string of the molecule is CO/N=c1/c2c(ncn1C)N(C)CN2C.I. The minimum atomic E-state index is 0. The van der Waals surface area contributed by atoms with Crippen LogP contribution in [0, 0.1) is 0 Å². The fraction of sp³-hybridized carbons (Fsp3) is 0.556. The maximum Gasteiger partial charge on any atom is 0.200 e. The summed E-state index contributed by atoms with van der Waals surface area (Å²) in [6, 6.07) is 0. The largest absolute Gasteiger partial charge is 0.397 e. The van der Waals surface area contributed by atoms with Crippen molar-refractivity contribution in [2.45, 2.75) is 0 Å². The molecule has 0 radical (unpaired) electrons. The minimum Gasteiger partial charge on any atom is -0.397 e. The maximum atomic E-state index is 4.85. The van der Waals surface area contributed by atoms with Crippen LogP contribution in [0.2, 0.25) is 0 Å². The lowest BCUT2D eigenvalue weighted by Crippen LogP contribution is -2.28. The maximum absolute atomic E-state index is 4.85. The third kappa shape index (κ3) is 1.95. The monoisotopic (exact) mass is 337 g/mol. The van der Waals surface area contributed by atoms with Gasteiger partial charge >= 0.3 is 0 Å². The second-order valence-electron chi connectivity index (χ2n) is 3.66. The van der Waals surface area contributed by atoms with E-state index in [4.69, 9.17) is 4.84 Å². The normalized spacial score (nSPS) is 14.9. The van der Waals surface area contributed by atoms with Crippen LogP contribution in [0.5, 0.6) is 0 Å². The van der Waals surface area contributed by atoms with Crippen LogP contribution in [-0.4, -0.2) is 37.4 Å². The molecule has 2 rings (SSSR count). The first kappa shape index (κ1) is 13.1. The lowest BCUT2D eigenvalue weighted by molar-refractivity contribution is 0.196. The number of halogens is 1. The highest BCUT2D eigenvalue weighted by Gasteiger charge is 2.24. The molecule has 1 aliphatic rings. The van der Waals surface area contributed by atoms with Crippen molar-refractivity contribution >= 4 is 35.5 Å². The molecule has 0 saturated heterocycles. The Kier molecular flexibility index (Phi) is 4.00. The van der Waals surface area contributed by atoms with Crippen LogP contribution in [0.4, 0.5) is 11.5 Å². The van der Waals surface area contributed by atoms with Crippen LogP contribution in [0.15, 0.2) is 11.5 Å². The second kappa shape index (κ2) is 4.89. The summed E-state index contributed by atoms with van der Waals surface area (Å²) in [5.74, 6) is 0.936. The molecule has 16 heavy (non-hydrogen) atoms. The lowest BCUT2D eigenvalue weighted by atomic mass is 10.4. The van der Waals surface area contributed by atoms with Crippen molar-refractivity contribution in [1.82, 2.24) is 9.55 Å². The molecule has 7 heteroatoms. The molecule has 1 aliphatic heterocycles. The predicted molar refractivity (Wildman–Crippen MR) is 72.9 cm³/mol. The van der Waals surface area contributed by atoms with Crippen molar-refractivity contribution in [3.05, 3.63) is 11.8 Å². The summed E-state index contributed by atoms with van der Waals surface area (Å²) < 4.78 is 1.85. The zero-order valence-electron chi connectivity index (χ0n) is 9.84. The zero-order chi connectivity index (χ0) is 11.0. The summed E-state index contributed by atoms with van der Waals surface area (Å²) in [6.07, 6.45) is 1.74. The van der Waals surface area contributed by atoms with Gasteiger partial charge in [0.15, 0.2) is 5.82 Å². The van der Waals surface area contributed by atoms with Gasteiger partial charge in [-0.05, 0) is 0 Å². The van der Waals surface area contributed by atoms with Crippen molar-refractivity contribution in [1.29, 1.82) is 0 Å². The van der Waals surface area contributed by atoms with Crippen molar-refractivity contribution in [3.8, 4) is 0 Å². The Morgan fingerprint density at radius 3 is 2.62 bits per heavy atom. The fourth-order valence-electron chi connectivity index (χ4n) is 1.79. The zero-order valence-corrected chi connectivity index (χ0v) is 12.2. The Labute approximate surface area is 112 Å². The first-order chi connectivity index (χ1) is 7.15. The molecule has 0 atom stereocenters. The van der Waals surface area contributed by atoms with E-state index in [-0.39, 0.29) is 24.0 Å². The van der Waals surface area contributed by atoms with Crippen molar-refractivity contribution in [3.63, 3.8) is 0 Å². The number of aromatic nitrogens is 2. The molecule has 0 unspecified atom stereocenters. The Hall–Kier alpha value is -0.990. The van der Waals surface area contributed by atoms with Gasteiger partial charge < -0.3 is 19.2 Å². The third-order valence-corrected chi connectivity index (χ3v) is 2.46. The highest BCUT2D eigenvalue weighted by atomic mass is 127. The second-order valence-corrected chi connectivity index (χ2v) is 3.66. The molecule has 0 spiro atoms. The molecule has 6 nitrogen and oxygen atoms in total. The van der Waals surface area contributed by atoms with Crippen LogP contribution in [0.1, 0.15) is 0 Å². The molecular formula is C9H16IN5O. The Morgan fingerprint density at radius 2 is 2.00 bits per heavy atom. The molecule has 1 aromatic heterocycles. The number of anilines is 2. The molecule has 90 valence electrons. The predicted octanol–water partition coefficient (Wildman–Crippen LogP) is 0.344. The molecule has 0 aliphatic carbocycles. The van der Waals surface area contributed by atoms with Gasteiger partial charge in [-0.1, -0.05) is 5.16 Å². The van der Waals surface area contributed by atoms with Gasteiger partial charge in [-0.2, -0.15) is 0 Å². The Morgan fingerprint density at radius 1 is 1.31 bits per heavy atom. The topological polar surface area (TPSA) is 45.9 Å². The Balaban J connectivity index is 0.00000128. The number of hydrogen-bond donors (Lipinski definition) is 0.